The Labute approximate surface area is 130 Å². The van der Waals surface area contributed by atoms with E-state index in [0.29, 0.717) is 15.9 Å². The second-order valence-corrected chi connectivity index (χ2v) is 5.45. The largest absolute Gasteiger partial charge is 0.265 e. The third kappa shape index (κ3) is 1.95. The van der Waals surface area contributed by atoms with E-state index in [1.165, 1.54) is 0 Å². The minimum atomic E-state index is 0.532. The summed E-state index contributed by atoms with van der Waals surface area (Å²) in [6.07, 6.45) is 1.71. The zero-order valence-electron chi connectivity index (χ0n) is 10.7. The molecule has 0 spiro atoms. The first-order valence-corrected chi connectivity index (χ1v) is 7.03. The van der Waals surface area contributed by atoms with Crippen LogP contribution in [0.1, 0.15) is 0 Å². The fourth-order valence-electron chi connectivity index (χ4n) is 2.33. The second-order valence-electron chi connectivity index (χ2n) is 4.60. The van der Waals surface area contributed by atoms with E-state index < -0.39 is 0 Å². The van der Waals surface area contributed by atoms with E-state index in [2.05, 4.69) is 15.2 Å². The molecule has 4 aromatic rings. The summed E-state index contributed by atoms with van der Waals surface area (Å²) in [5, 5.41) is 10.6. The van der Waals surface area contributed by atoms with Crippen LogP contribution in [-0.2, 0) is 0 Å². The van der Waals surface area contributed by atoms with Crippen molar-refractivity contribution in [2.75, 3.05) is 0 Å². The van der Waals surface area contributed by atoms with Gasteiger partial charge in [-0.3, -0.25) is 4.40 Å². The number of aromatic nitrogens is 4. The lowest BCUT2D eigenvalue weighted by Gasteiger charge is -2.04. The third-order valence-electron chi connectivity index (χ3n) is 3.33. The molecular weight excluding hydrogens is 307 g/mol. The first-order chi connectivity index (χ1) is 10.2. The highest BCUT2D eigenvalue weighted by atomic mass is 35.5. The van der Waals surface area contributed by atoms with Gasteiger partial charge in [-0.1, -0.05) is 35.3 Å². The van der Waals surface area contributed by atoms with Crippen LogP contribution in [0.5, 0.6) is 0 Å². The Bertz CT molecular complexity index is 978. The minimum absolute atomic E-state index is 0.532. The fourth-order valence-corrected chi connectivity index (χ4v) is 2.83. The van der Waals surface area contributed by atoms with Gasteiger partial charge in [-0.2, -0.15) is 0 Å². The van der Waals surface area contributed by atoms with Gasteiger partial charge in [0.1, 0.15) is 6.33 Å². The van der Waals surface area contributed by atoms with Crippen LogP contribution in [0.2, 0.25) is 10.0 Å². The molecule has 4 nitrogen and oxygen atoms in total. The number of benzene rings is 2. The van der Waals surface area contributed by atoms with E-state index in [1.54, 1.807) is 18.5 Å². The number of nitrogens with zero attached hydrogens (tertiary/aromatic N) is 4. The topological polar surface area (TPSA) is 43.1 Å². The smallest absolute Gasteiger partial charge is 0.171 e. The molecule has 0 saturated heterocycles. The lowest BCUT2D eigenvalue weighted by molar-refractivity contribution is 1.09. The van der Waals surface area contributed by atoms with E-state index in [-0.39, 0.29) is 0 Å². The van der Waals surface area contributed by atoms with Crippen molar-refractivity contribution >= 4 is 39.8 Å². The highest BCUT2D eigenvalue weighted by Gasteiger charge is 2.13. The van der Waals surface area contributed by atoms with Gasteiger partial charge >= 0.3 is 0 Å². The summed E-state index contributed by atoms with van der Waals surface area (Å²) in [5.74, 6) is 0.643. The van der Waals surface area contributed by atoms with Crippen molar-refractivity contribution in [2.45, 2.75) is 0 Å². The molecule has 0 amide bonds. The summed E-state index contributed by atoms with van der Waals surface area (Å²) in [6, 6.07) is 13.1. The first-order valence-electron chi connectivity index (χ1n) is 6.28. The summed E-state index contributed by atoms with van der Waals surface area (Å²) < 4.78 is 1.83. The molecule has 0 aliphatic heterocycles. The molecule has 0 bridgehead atoms. The van der Waals surface area contributed by atoms with Crippen molar-refractivity contribution < 1.29 is 0 Å². The van der Waals surface area contributed by atoms with Crippen LogP contribution < -0.4 is 0 Å². The van der Waals surface area contributed by atoms with Crippen molar-refractivity contribution in [3.8, 4) is 11.4 Å². The van der Waals surface area contributed by atoms with Crippen molar-refractivity contribution in [1.29, 1.82) is 0 Å². The second kappa shape index (κ2) is 4.69. The SMILES string of the molecule is Clc1ccc(-c2nnc3c4ccccc4ncn23)c(Cl)c1. The summed E-state index contributed by atoms with van der Waals surface area (Å²) in [4.78, 5) is 4.43. The van der Waals surface area contributed by atoms with Crippen LogP contribution in [-0.4, -0.2) is 19.6 Å². The standard InChI is InChI=1S/C15H8Cl2N4/c16-9-5-6-10(12(17)7-9)14-19-20-15-11-3-1-2-4-13(11)18-8-21(14)15/h1-8H. The lowest BCUT2D eigenvalue weighted by Crippen LogP contribution is -1.93. The number of para-hydroxylation sites is 1. The van der Waals surface area contributed by atoms with E-state index >= 15 is 0 Å². The maximum atomic E-state index is 6.25. The summed E-state index contributed by atoms with van der Waals surface area (Å²) in [7, 11) is 0. The van der Waals surface area contributed by atoms with Gasteiger partial charge in [-0.25, -0.2) is 4.98 Å². The molecule has 0 atom stereocenters. The zero-order valence-corrected chi connectivity index (χ0v) is 12.2. The number of hydrogen-bond donors (Lipinski definition) is 0. The van der Waals surface area contributed by atoms with Crippen molar-refractivity contribution in [1.82, 2.24) is 19.6 Å². The molecule has 2 aromatic heterocycles. The van der Waals surface area contributed by atoms with Crippen molar-refractivity contribution in [2.24, 2.45) is 0 Å². The third-order valence-corrected chi connectivity index (χ3v) is 3.87. The summed E-state index contributed by atoms with van der Waals surface area (Å²) in [6.45, 7) is 0. The van der Waals surface area contributed by atoms with E-state index in [1.807, 2.05) is 34.7 Å². The van der Waals surface area contributed by atoms with Gasteiger partial charge in [-0.15, -0.1) is 10.2 Å². The fraction of sp³-hybridized carbons (Fsp3) is 0. The molecule has 6 heteroatoms. The van der Waals surface area contributed by atoms with Crippen LogP contribution in [0, 0.1) is 0 Å². The lowest BCUT2D eigenvalue weighted by atomic mass is 10.2. The predicted octanol–water partition coefficient (Wildman–Crippen LogP) is 4.25. The van der Waals surface area contributed by atoms with Crippen LogP contribution in [0.3, 0.4) is 0 Å². The highest BCUT2D eigenvalue weighted by molar-refractivity contribution is 6.36. The zero-order chi connectivity index (χ0) is 14.4. The highest BCUT2D eigenvalue weighted by Crippen LogP contribution is 2.30. The van der Waals surface area contributed by atoms with Crippen molar-refractivity contribution in [3.63, 3.8) is 0 Å². The monoisotopic (exact) mass is 314 g/mol. The van der Waals surface area contributed by atoms with Gasteiger partial charge in [0.15, 0.2) is 11.5 Å². The van der Waals surface area contributed by atoms with Crippen molar-refractivity contribution in [3.05, 3.63) is 58.8 Å². The molecule has 0 N–H and O–H groups in total. The van der Waals surface area contributed by atoms with Gasteiger partial charge < -0.3 is 0 Å². The normalized spacial score (nSPS) is 11.3. The molecule has 21 heavy (non-hydrogen) atoms. The molecule has 102 valence electrons. The maximum absolute atomic E-state index is 6.25. The Kier molecular flexibility index (Phi) is 2.80. The van der Waals surface area contributed by atoms with E-state index in [9.17, 15) is 0 Å². The minimum Gasteiger partial charge on any atom is -0.265 e. The Morgan fingerprint density at radius 1 is 0.952 bits per heavy atom. The molecule has 2 heterocycles. The number of hydrogen-bond acceptors (Lipinski definition) is 3. The average molecular weight is 315 g/mol. The molecule has 2 aromatic carbocycles. The molecule has 0 unspecified atom stereocenters. The molecule has 0 radical (unpaired) electrons. The molecule has 0 aliphatic rings. The van der Waals surface area contributed by atoms with Crippen LogP contribution in [0.4, 0.5) is 0 Å². The number of fused-ring (bicyclic) bond motifs is 3. The summed E-state index contributed by atoms with van der Waals surface area (Å²) in [5.41, 5.74) is 2.40. The molecule has 0 aliphatic carbocycles. The molecule has 0 saturated carbocycles. The van der Waals surface area contributed by atoms with Crippen LogP contribution in [0.25, 0.3) is 27.9 Å². The Balaban J connectivity index is 2.04. The van der Waals surface area contributed by atoms with Gasteiger partial charge in [0.05, 0.1) is 10.5 Å². The van der Waals surface area contributed by atoms with Crippen LogP contribution >= 0.6 is 23.2 Å². The van der Waals surface area contributed by atoms with Gasteiger partial charge in [0, 0.05) is 16.0 Å². The Hall–Kier alpha value is -2.17. The Morgan fingerprint density at radius 2 is 1.81 bits per heavy atom. The number of rotatable bonds is 1. The molecule has 4 rings (SSSR count). The van der Waals surface area contributed by atoms with E-state index in [4.69, 9.17) is 23.2 Å². The Morgan fingerprint density at radius 3 is 2.67 bits per heavy atom. The summed E-state index contributed by atoms with van der Waals surface area (Å²) >= 11 is 12.2. The average Bonchev–Trinajstić information content (AvgIpc) is 2.91. The van der Waals surface area contributed by atoms with Crippen LogP contribution in [0.15, 0.2) is 48.8 Å². The van der Waals surface area contributed by atoms with Gasteiger partial charge in [-0.05, 0) is 30.3 Å². The predicted molar refractivity (Wildman–Crippen MR) is 83.7 cm³/mol. The van der Waals surface area contributed by atoms with Gasteiger partial charge in [0.25, 0.3) is 0 Å². The molecule has 0 fully saturated rings. The maximum Gasteiger partial charge on any atom is 0.171 e. The first kappa shape index (κ1) is 12.6. The van der Waals surface area contributed by atoms with E-state index in [0.717, 1.165) is 22.1 Å². The van der Waals surface area contributed by atoms with Gasteiger partial charge in [0.2, 0.25) is 0 Å². The quantitative estimate of drug-likeness (QED) is 0.527. The molecular formula is C15H8Cl2N4. The number of halogens is 2.